The van der Waals surface area contributed by atoms with E-state index in [0.717, 1.165) is 11.8 Å². The molecule has 0 atom stereocenters. The molecule has 1 aromatic rings. The van der Waals surface area contributed by atoms with Crippen molar-refractivity contribution in [2.24, 2.45) is 0 Å². The number of aromatic carboxylic acids is 1. The molecular weight excluding hydrogens is 259 g/mol. The number of pyridine rings is 1. The Balaban J connectivity index is 2.42. The molecule has 0 radical (unpaired) electrons. The Morgan fingerprint density at radius 3 is 2.82 bits per heavy atom. The van der Waals surface area contributed by atoms with Crippen molar-refractivity contribution in [2.75, 3.05) is 12.5 Å². The maximum atomic E-state index is 11.7. The first-order valence-corrected chi connectivity index (χ1v) is 5.34. The smallest absolute Gasteiger partial charge is 0.411 e. The van der Waals surface area contributed by atoms with Gasteiger partial charge in [0.25, 0.3) is 0 Å². The van der Waals surface area contributed by atoms with Crippen molar-refractivity contribution in [3.63, 3.8) is 0 Å². The number of rotatable bonds is 5. The van der Waals surface area contributed by atoms with Gasteiger partial charge in [-0.2, -0.15) is 13.2 Å². The van der Waals surface area contributed by atoms with E-state index in [4.69, 9.17) is 5.11 Å². The van der Waals surface area contributed by atoms with E-state index in [1.165, 1.54) is 18.3 Å². The molecule has 0 aliphatic heterocycles. The summed E-state index contributed by atoms with van der Waals surface area (Å²) in [4.78, 5) is 14.4. The molecule has 8 heteroatoms. The Kier molecular flexibility index (Phi) is 4.76. The Morgan fingerprint density at radius 1 is 1.53 bits per heavy atom. The third-order valence-corrected chi connectivity index (χ3v) is 2.34. The number of alkyl halides is 3. The molecule has 0 amide bonds. The van der Waals surface area contributed by atoms with Crippen LogP contribution in [0.15, 0.2) is 23.4 Å². The van der Waals surface area contributed by atoms with Gasteiger partial charge >= 0.3 is 12.1 Å². The average molecular weight is 267 g/mol. The molecule has 0 saturated heterocycles. The largest absolute Gasteiger partial charge is 0.478 e. The summed E-state index contributed by atoms with van der Waals surface area (Å²) in [7, 11) is 0. The van der Waals surface area contributed by atoms with Crippen LogP contribution >= 0.6 is 11.8 Å². The quantitative estimate of drug-likeness (QED) is 0.504. The zero-order valence-electron chi connectivity index (χ0n) is 8.40. The van der Waals surface area contributed by atoms with E-state index in [1.54, 1.807) is 0 Å². The van der Waals surface area contributed by atoms with Crippen molar-refractivity contribution in [3.8, 4) is 0 Å². The maximum absolute atomic E-state index is 11.7. The molecule has 1 rings (SSSR count). The van der Waals surface area contributed by atoms with E-state index in [0.29, 0.717) is 5.03 Å². The van der Waals surface area contributed by atoms with Gasteiger partial charge in [0.1, 0.15) is 6.61 Å². The van der Waals surface area contributed by atoms with Crippen LogP contribution in [0, 0.1) is 0 Å². The molecule has 0 unspecified atom stereocenters. The van der Waals surface area contributed by atoms with Crippen molar-refractivity contribution < 1.29 is 27.8 Å². The molecule has 0 saturated carbocycles. The second kappa shape index (κ2) is 5.87. The molecule has 1 N–H and O–H groups in total. The summed E-state index contributed by atoms with van der Waals surface area (Å²) in [5, 5.41) is 8.97. The van der Waals surface area contributed by atoms with Crippen molar-refractivity contribution in [2.45, 2.75) is 11.2 Å². The molecule has 0 aliphatic rings. The number of nitrogens with zero attached hydrogens (tertiary/aromatic N) is 1. The fourth-order valence-corrected chi connectivity index (χ4v) is 1.51. The third-order valence-electron chi connectivity index (χ3n) is 1.54. The van der Waals surface area contributed by atoms with Gasteiger partial charge in [-0.3, -0.25) is 0 Å². The van der Waals surface area contributed by atoms with E-state index in [2.05, 4.69) is 9.72 Å². The van der Waals surface area contributed by atoms with Crippen LogP contribution in [0.2, 0.25) is 0 Å². The summed E-state index contributed by atoms with van der Waals surface area (Å²) in [6, 6.07) is 2.56. The fraction of sp³-hybridized carbons (Fsp3) is 0.333. The van der Waals surface area contributed by atoms with E-state index in [-0.39, 0.29) is 11.5 Å². The number of hydrogen-bond acceptors (Lipinski definition) is 4. The monoisotopic (exact) mass is 267 g/mol. The molecule has 94 valence electrons. The van der Waals surface area contributed by atoms with Gasteiger partial charge in [-0.1, -0.05) is 11.8 Å². The maximum Gasteiger partial charge on any atom is 0.411 e. The molecule has 0 fully saturated rings. The number of hydrogen-bond donors (Lipinski definition) is 1. The number of carboxylic acids is 1. The second-order valence-corrected chi connectivity index (χ2v) is 3.86. The highest BCUT2D eigenvalue weighted by molar-refractivity contribution is 7.99. The summed E-state index contributed by atoms with van der Waals surface area (Å²) in [6.07, 6.45) is -3.09. The van der Waals surface area contributed by atoms with Crippen molar-refractivity contribution in [3.05, 3.63) is 23.9 Å². The lowest BCUT2D eigenvalue weighted by atomic mass is 10.3. The van der Waals surface area contributed by atoms with Gasteiger partial charge in [-0.05, 0) is 12.1 Å². The molecule has 0 aromatic carbocycles. The lowest BCUT2D eigenvalue weighted by Gasteiger charge is -2.06. The lowest BCUT2D eigenvalue weighted by Crippen LogP contribution is -2.16. The van der Waals surface area contributed by atoms with Gasteiger partial charge in [0.15, 0.2) is 0 Å². The zero-order chi connectivity index (χ0) is 12.9. The zero-order valence-corrected chi connectivity index (χ0v) is 9.22. The minimum Gasteiger partial charge on any atom is -0.478 e. The SMILES string of the molecule is O=C(O)c1ccnc(SCOCC(F)(F)F)c1. The van der Waals surface area contributed by atoms with Gasteiger partial charge in [0, 0.05) is 6.20 Å². The van der Waals surface area contributed by atoms with Crippen molar-refractivity contribution >= 4 is 17.7 Å². The third kappa shape index (κ3) is 5.55. The van der Waals surface area contributed by atoms with Gasteiger partial charge in [-0.15, -0.1) is 0 Å². The first-order valence-electron chi connectivity index (χ1n) is 4.35. The minimum absolute atomic E-state index is 0.0262. The highest BCUT2D eigenvalue weighted by Gasteiger charge is 2.27. The van der Waals surface area contributed by atoms with E-state index in [9.17, 15) is 18.0 Å². The first kappa shape index (κ1) is 13.8. The Bertz CT molecular complexity index is 397. The van der Waals surface area contributed by atoms with Crippen LogP contribution in [0.5, 0.6) is 0 Å². The van der Waals surface area contributed by atoms with Crippen molar-refractivity contribution in [1.29, 1.82) is 0 Å². The predicted octanol–water partition coefficient (Wildman–Crippen LogP) is 2.41. The van der Waals surface area contributed by atoms with Crippen LogP contribution in [-0.4, -0.2) is 34.8 Å². The first-order chi connectivity index (χ1) is 7.88. The highest BCUT2D eigenvalue weighted by Crippen LogP contribution is 2.19. The van der Waals surface area contributed by atoms with E-state index < -0.39 is 18.8 Å². The highest BCUT2D eigenvalue weighted by atomic mass is 32.2. The minimum atomic E-state index is -4.36. The van der Waals surface area contributed by atoms with Crippen LogP contribution in [0.25, 0.3) is 0 Å². The van der Waals surface area contributed by atoms with Crippen LogP contribution in [0.4, 0.5) is 13.2 Å². The predicted molar refractivity (Wildman–Crippen MR) is 53.9 cm³/mol. The van der Waals surface area contributed by atoms with Crippen molar-refractivity contribution in [1.82, 2.24) is 4.98 Å². The molecule has 1 aromatic heterocycles. The van der Waals surface area contributed by atoms with Gasteiger partial charge < -0.3 is 9.84 Å². The van der Waals surface area contributed by atoms with Crippen LogP contribution < -0.4 is 0 Å². The summed E-state index contributed by atoms with van der Waals surface area (Å²) in [6.45, 7) is -1.33. The van der Waals surface area contributed by atoms with Gasteiger partial charge in [-0.25, -0.2) is 9.78 Å². The van der Waals surface area contributed by atoms with Crippen LogP contribution in [0.3, 0.4) is 0 Å². The number of ether oxygens (including phenoxy) is 1. The summed E-state index contributed by atoms with van der Waals surface area (Å²) in [5.74, 6) is -1.36. The average Bonchev–Trinajstić information content (AvgIpc) is 2.23. The molecule has 0 spiro atoms. The lowest BCUT2D eigenvalue weighted by molar-refractivity contribution is -0.168. The molecule has 0 aliphatic carbocycles. The summed E-state index contributed by atoms with van der Waals surface area (Å²) in [5.41, 5.74) is 0.0262. The second-order valence-electron chi connectivity index (χ2n) is 2.91. The van der Waals surface area contributed by atoms with E-state index >= 15 is 0 Å². The summed E-state index contributed by atoms with van der Waals surface area (Å²) >= 11 is 0.896. The van der Waals surface area contributed by atoms with E-state index in [1.807, 2.05) is 0 Å². The fourth-order valence-electron chi connectivity index (χ4n) is 0.881. The molecule has 17 heavy (non-hydrogen) atoms. The number of halogens is 3. The van der Waals surface area contributed by atoms with Crippen LogP contribution in [-0.2, 0) is 4.74 Å². The Hall–Kier alpha value is -1.28. The van der Waals surface area contributed by atoms with Gasteiger partial charge in [0.05, 0.1) is 16.5 Å². The Labute approximate surface area is 98.8 Å². The molecular formula is C9H8F3NO3S. The number of carbonyl (C=O) groups is 1. The number of aromatic nitrogens is 1. The normalized spacial score (nSPS) is 11.5. The van der Waals surface area contributed by atoms with Gasteiger partial charge in [0.2, 0.25) is 0 Å². The standard InChI is InChI=1S/C9H8F3NO3S/c10-9(11,12)4-16-5-17-7-3-6(8(14)15)1-2-13-7/h1-3H,4-5H2,(H,14,15). The topological polar surface area (TPSA) is 59.4 Å². The van der Waals surface area contributed by atoms with Crippen LogP contribution in [0.1, 0.15) is 10.4 Å². The number of carboxylic acid groups (broad SMARTS) is 1. The number of thioether (sulfide) groups is 1. The molecule has 0 bridgehead atoms. The molecule has 1 heterocycles. The molecule has 4 nitrogen and oxygen atoms in total. The Morgan fingerprint density at radius 2 is 2.24 bits per heavy atom. The summed E-state index contributed by atoms with van der Waals surface area (Å²) < 4.78 is 39.5.